The van der Waals surface area contributed by atoms with Gasteiger partial charge in [0.2, 0.25) is 0 Å². The fourth-order valence-corrected chi connectivity index (χ4v) is 2.15. The minimum Gasteiger partial charge on any atom is -0.381 e. The summed E-state index contributed by atoms with van der Waals surface area (Å²) in [6.07, 6.45) is 1.70. The smallest absolute Gasteiger partial charge is 0.172 e. The summed E-state index contributed by atoms with van der Waals surface area (Å²) in [4.78, 5) is 12.2. The number of thiophene rings is 1. The highest BCUT2D eigenvalue weighted by atomic mass is 32.1. The Bertz CT molecular complexity index is 348. The second kappa shape index (κ2) is 5.92. The molecule has 0 radical (unpaired) electrons. The molecule has 1 aromatic heterocycles. The number of ether oxygens (including phenoxy) is 1. The molecular weight excluding hydrogens is 222 g/mol. The van der Waals surface area contributed by atoms with E-state index in [1.165, 1.54) is 17.6 Å². The summed E-state index contributed by atoms with van der Waals surface area (Å²) in [6, 6.07) is 1.82. The van der Waals surface area contributed by atoms with Crippen molar-refractivity contribution in [2.75, 3.05) is 13.2 Å². The molecule has 0 bridgehead atoms. The third kappa shape index (κ3) is 3.00. The summed E-state index contributed by atoms with van der Waals surface area (Å²) in [5, 5.41) is 10.9. The molecule has 0 amide bonds. The lowest BCUT2D eigenvalue weighted by atomic mass is 9.81. The zero-order chi connectivity index (χ0) is 12.0. The zero-order valence-corrected chi connectivity index (χ0v) is 10.5. The van der Waals surface area contributed by atoms with Gasteiger partial charge < -0.3 is 10.1 Å². The fourth-order valence-electron chi connectivity index (χ4n) is 1.51. The Morgan fingerprint density at radius 1 is 1.69 bits per heavy atom. The van der Waals surface area contributed by atoms with Crippen molar-refractivity contribution in [2.24, 2.45) is 5.41 Å². The quantitative estimate of drug-likeness (QED) is 0.587. The number of hydrogen-bond donors (Lipinski definition) is 1. The van der Waals surface area contributed by atoms with E-state index in [0.717, 1.165) is 0 Å². The first-order valence-electron chi connectivity index (χ1n) is 5.27. The van der Waals surface area contributed by atoms with Gasteiger partial charge in [0.1, 0.15) is 0 Å². The Morgan fingerprint density at radius 2 is 2.44 bits per heavy atom. The minimum atomic E-state index is -0.612. The van der Waals surface area contributed by atoms with E-state index in [0.29, 0.717) is 25.2 Å². The van der Waals surface area contributed by atoms with Crippen LogP contribution < -0.4 is 0 Å². The maximum Gasteiger partial charge on any atom is 0.172 e. The van der Waals surface area contributed by atoms with Crippen molar-refractivity contribution in [2.45, 2.75) is 20.3 Å². The molecule has 0 fully saturated rings. The van der Waals surface area contributed by atoms with E-state index < -0.39 is 5.41 Å². The molecule has 0 aliphatic carbocycles. The van der Waals surface area contributed by atoms with Gasteiger partial charge in [-0.25, -0.2) is 0 Å². The first-order valence-corrected chi connectivity index (χ1v) is 6.22. The highest BCUT2D eigenvalue weighted by Crippen LogP contribution is 2.27. The van der Waals surface area contributed by atoms with Crippen LogP contribution in [0.15, 0.2) is 16.8 Å². The Balaban J connectivity index is 2.83. The van der Waals surface area contributed by atoms with E-state index >= 15 is 0 Å². The molecular formula is C12H17NO2S. The van der Waals surface area contributed by atoms with Crippen molar-refractivity contribution >= 4 is 23.3 Å². The molecule has 0 aromatic carbocycles. The third-order valence-corrected chi connectivity index (χ3v) is 3.19. The molecule has 0 saturated heterocycles. The van der Waals surface area contributed by atoms with Crippen LogP contribution in [0, 0.1) is 10.8 Å². The zero-order valence-electron chi connectivity index (χ0n) is 9.66. The van der Waals surface area contributed by atoms with Crippen molar-refractivity contribution in [3.05, 3.63) is 22.4 Å². The summed E-state index contributed by atoms with van der Waals surface area (Å²) in [5.41, 5.74) is 0.104. The highest BCUT2D eigenvalue weighted by molar-refractivity contribution is 7.08. The van der Waals surface area contributed by atoms with Gasteiger partial charge in [-0.15, -0.1) is 0 Å². The second-order valence-corrected chi connectivity index (χ2v) is 4.73. The van der Waals surface area contributed by atoms with Crippen LogP contribution in [0.2, 0.25) is 0 Å². The molecule has 1 N–H and O–H groups in total. The molecule has 1 aromatic rings. The maximum atomic E-state index is 12.2. The normalized spacial score (nSPS) is 14.4. The van der Waals surface area contributed by atoms with Crippen molar-refractivity contribution in [1.29, 1.82) is 5.41 Å². The van der Waals surface area contributed by atoms with Crippen molar-refractivity contribution < 1.29 is 9.53 Å². The van der Waals surface area contributed by atoms with Crippen LogP contribution in [-0.4, -0.2) is 25.2 Å². The summed E-state index contributed by atoms with van der Waals surface area (Å²) < 4.78 is 5.35. The van der Waals surface area contributed by atoms with E-state index in [2.05, 4.69) is 0 Å². The molecule has 0 aliphatic heterocycles. The standard InChI is InChI=1S/C12H17NO2S/c1-3-15-9-12(2,5-6-13)11(14)10-4-7-16-8-10/h4,6-8,13H,3,5,9H2,1-2H3. The lowest BCUT2D eigenvalue weighted by Gasteiger charge is -2.25. The topological polar surface area (TPSA) is 50.1 Å². The lowest BCUT2D eigenvalue weighted by molar-refractivity contribution is 0.0487. The molecule has 0 aliphatic rings. The molecule has 4 heteroatoms. The van der Waals surface area contributed by atoms with Crippen LogP contribution in [0.4, 0.5) is 0 Å². The van der Waals surface area contributed by atoms with Gasteiger partial charge in [0.05, 0.1) is 12.0 Å². The van der Waals surface area contributed by atoms with Crippen LogP contribution in [0.5, 0.6) is 0 Å². The van der Waals surface area contributed by atoms with Crippen molar-refractivity contribution in [1.82, 2.24) is 0 Å². The lowest BCUT2D eigenvalue weighted by Crippen LogP contribution is -2.33. The summed E-state index contributed by atoms with van der Waals surface area (Å²) in [7, 11) is 0. The Kier molecular flexibility index (Phi) is 4.83. The summed E-state index contributed by atoms with van der Waals surface area (Å²) in [6.45, 7) is 4.71. The van der Waals surface area contributed by atoms with E-state index in [1.54, 1.807) is 0 Å². The average molecular weight is 239 g/mol. The van der Waals surface area contributed by atoms with Gasteiger partial charge in [-0.05, 0) is 37.9 Å². The Labute approximate surface area is 100.0 Å². The number of rotatable bonds is 7. The van der Waals surface area contributed by atoms with Gasteiger partial charge in [-0.2, -0.15) is 11.3 Å². The van der Waals surface area contributed by atoms with Gasteiger partial charge in [0.25, 0.3) is 0 Å². The van der Waals surface area contributed by atoms with Crippen LogP contribution >= 0.6 is 11.3 Å². The Morgan fingerprint density at radius 3 is 2.94 bits per heavy atom. The van der Waals surface area contributed by atoms with E-state index in [1.807, 2.05) is 30.7 Å². The van der Waals surface area contributed by atoms with Gasteiger partial charge in [-0.1, -0.05) is 0 Å². The van der Waals surface area contributed by atoms with E-state index in [-0.39, 0.29) is 5.78 Å². The number of ketones is 1. The summed E-state index contributed by atoms with van der Waals surface area (Å²) in [5.74, 6) is 0.0608. The van der Waals surface area contributed by atoms with Crippen LogP contribution in [0.25, 0.3) is 0 Å². The van der Waals surface area contributed by atoms with Crippen LogP contribution in [-0.2, 0) is 4.74 Å². The molecule has 0 saturated carbocycles. The summed E-state index contributed by atoms with van der Waals surface area (Å²) >= 11 is 1.51. The van der Waals surface area contributed by atoms with E-state index in [4.69, 9.17) is 10.1 Å². The van der Waals surface area contributed by atoms with Crippen molar-refractivity contribution in [3.63, 3.8) is 0 Å². The predicted octanol–water partition coefficient (Wildman–Crippen LogP) is 3.01. The largest absolute Gasteiger partial charge is 0.381 e. The number of carbonyl (C=O) groups excluding carboxylic acids is 1. The number of carbonyl (C=O) groups is 1. The number of Topliss-reactive ketones (excluding diaryl/α,β-unsaturated/α-hetero) is 1. The fraction of sp³-hybridized carbons (Fsp3) is 0.500. The first kappa shape index (κ1) is 13.1. The molecule has 1 heterocycles. The van der Waals surface area contributed by atoms with E-state index in [9.17, 15) is 4.79 Å². The molecule has 3 nitrogen and oxygen atoms in total. The maximum absolute atomic E-state index is 12.2. The third-order valence-electron chi connectivity index (χ3n) is 2.51. The molecule has 1 unspecified atom stereocenters. The second-order valence-electron chi connectivity index (χ2n) is 3.95. The molecule has 88 valence electrons. The number of nitrogens with one attached hydrogen (secondary N) is 1. The molecule has 1 atom stereocenters. The highest BCUT2D eigenvalue weighted by Gasteiger charge is 2.33. The SMILES string of the molecule is CCOCC(C)(CC=N)C(=O)c1ccsc1. The van der Waals surface area contributed by atoms with Gasteiger partial charge in [0, 0.05) is 17.6 Å². The van der Waals surface area contributed by atoms with Crippen LogP contribution in [0.1, 0.15) is 30.6 Å². The monoisotopic (exact) mass is 239 g/mol. The van der Waals surface area contributed by atoms with Gasteiger partial charge in [0.15, 0.2) is 5.78 Å². The van der Waals surface area contributed by atoms with Crippen molar-refractivity contribution in [3.8, 4) is 0 Å². The van der Waals surface area contributed by atoms with Gasteiger partial charge >= 0.3 is 0 Å². The molecule has 16 heavy (non-hydrogen) atoms. The molecule has 1 rings (SSSR count). The minimum absolute atomic E-state index is 0.0608. The predicted molar refractivity (Wildman–Crippen MR) is 66.7 cm³/mol. The average Bonchev–Trinajstić information content (AvgIpc) is 2.79. The number of hydrogen-bond acceptors (Lipinski definition) is 4. The first-order chi connectivity index (χ1) is 7.64. The Hall–Kier alpha value is -1.000. The van der Waals surface area contributed by atoms with Gasteiger partial charge in [-0.3, -0.25) is 4.79 Å². The molecule has 0 spiro atoms. The van der Waals surface area contributed by atoms with Crippen LogP contribution in [0.3, 0.4) is 0 Å².